The molecule has 2 saturated heterocycles. The highest BCUT2D eigenvalue weighted by Gasteiger charge is 2.38. The van der Waals surface area contributed by atoms with Gasteiger partial charge in [-0.3, -0.25) is 0 Å². The lowest BCUT2D eigenvalue weighted by molar-refractivity contribution is 0.248. The van der Waals surface area contributed by atoms with Crippen molar-refractivity contribution in [2.24, 2.45) is 0 Å². The molecule has 2 fully saturated rings. The fraction of sp³-hybridized carbons (Fsp3) is 0.364. The SMILES string of the molecule is O=C(Nc1ccc(-c2ccc(NC(=O)N[C@@H]3CS(=O)(=O)C[C@@H]3Cl)cc2)cc1)N[C@@H]1CS(=O)(=O)C[C@H]1Cl. The molecule has 2 aliphatic rings. The van der Waals surface area contributed by atoms with Gasteiger partial charge in [0.15, 0.2) is 19.7 Å². The highest BCUT2D eigenvalue weighted by atomic mass is 35.5. The van der Waals surface area contributed by atoms with Crippen LogP contribution in [-0.4, -0.2) is 74.7 Å². The van der Waals surface area contributed by atoms with Crippen LogP contribution in [0.15, 0.2) is 48.5 Å². The Bertz CT molecular complexity index is 1250. The van der Waals surface area contributed by atoms with Crippen molar-refractivity contribution in [1.29, 1.82) is 0 Å². The smallest absolute Gasteiger partial charge is 0.319 e. The Labute approximate surface area is 219 Å². The van der Waals surface area contributed by atoms with Crippen molar-refractivity contribution in [3.05, 3.63) is 48.5 Å². The molecule has 0 saturated carbocycles. The molecule has 4 N–H and O–H groups in total. The van der Waals surface area contributed by atoms with E-state index in [4.69, 9.17) is 23.2 Å². The van der Waals surface area contributed by atoms with Crippen LogP contribution in [-0.2, 0) is 19.7 Å². The second-order valence-electron chi connectivity index (χ2n) is 8.75. The zero-order valence-corrected chi connectivity index (χ0v) is 21.9. The van der Waals surface area contributed by atoms with Crippen molar-refractivity contribution in [2.75, 3.05) is 33.6 Å². The van der Waals surface area contributed by atoms with Gasteiger partial charge in [0.2, 0.25) is 0 Å². The van der Waals surface area contributed by atoms with E-state index in [2.05, 4.69) is 21.3 Å². The number of benzene rings is 2. The van der Waals surface area contributed by atoms with Gasteiger partial charge in [0.25, 0.3) is 0 Å². The maximum Gasteiger partial charge on any atom is 0.319 e. The molecule has 0 unspecified atom stereocenters. The van der Waals surface area contributed by atoms with E-state index in [1.165, 1.54) is 0 Å². The van der Waals surface area contributed by atoms with E-state index in [1.807, 2.05) is 0 Å². The molecule has 2 aromatic rings. The molecule has 4 rings (SSSR count). The summed E-state index contributed by atoms with van der Waals surface area (Å²) < 4.78 is 46.5. The molecule has 2 aliphatic heterocycles. The summed E-state index contributed by atoms with van der Waals surface area (Å²) in [5.74, 6) is -0.691. The van der Waals surface area contributed by atoms with Crippen LogP contribution in [0.2, 0.25) is 0 Å². The van der Waals surface area contributed by atoms with Crippen molar-refractivity contribution >= 4 is 66.3 Å². The normalized spacial score (nSPS) is 26.2. The van der Waals surface area contributed by atoms with E-state index in [0.717, 1.165) is 11.1 Å². The van der Waals surface area contributed by atoms with Gasteiger partial charge >= 0.3 is 12.1 Å². The molecule has 4 amide bonds. The van der Waals surface area contributed by atoms with Crippen molar-refractivity contribution in [1.82, 2.24) is 10.6 Å². The number of carbonyl (C=O) groups excluding carboxylic acids is 2. The molecule has 4 atom stereocenters. The largest absolute Gasteiger partial charge is 0.333 e. The number of hydrogen-bond acceptors (Lipinski definition) is 6. The first-order chi connectivity index (χ1) is 16.9. The zero-order chi connectivity index (χ0) is 26.1. The van der Waals surface area contributed by atoms with Gasteiger partial charge in [-0.2, -0.15) is 0 Å². The standard InChI is InChI=1S/C22H24Cl2N4O6S2/c23-17-9-35(31,32)11-19(17)27-21(29)25-15-5-1-13(2-6-15)14-3-7-16(8-4-14)26-22(30)28-20-12-36(33,34)10-18(20)24/h1-8,17-20H,9-12H2,(H2,25,27,29)(H2,26,28,30)/t17-,18+,19-,20-/m1/s1. The molecule has 2 heterocycles. The van der Waals surface area contributed by atoms with Crippen molar-refractivity contribution in [3.63, 3.8) is 0 Å². The maximum absolute atomic E-state index is 12.2. The van der Waals surface area contributed by atoms with Gasteiger partial charge in [-0.15, -0.1) is 23.2 Å². The molecule has 194 valence electrons. The summed E-state index contributed by atoms with van der Waals surface area (Å²) in [6.07, 6.45) is 0. The topological polar surface area (TPSA) is 151 Å². The first-order valence-corrected chi connectivity index (χ1v) is 15.5. The average molecular weight is 575 g/mol. The monoisotopic (exact) mass is 574 g/mol. The summed E-state index contributed by atoms with van der Waals surface area (Å²) in [6.45, 7) is 0. The Balaban J connectivity index is 1.29. The molecular weight excluding hydrogens is 551 g/mol. The summed E-state index contributed by atoms with van der Waals surface area (Å²) in [5.41, 5.74) is 2.76. The van der Waals surface area contributed by atoms with Crippen molar-refractivity contribution < 1.29 is 26.4 Å². The fourth-order valence-corrected chi connectivity index (χ4v) is 9.14. The Kier molecular flexibility index (Phi) is 7.69. The van der Waals surface area contributed by atoms with E-state index in [0.29, 0.717) is 11.4 Å². The van der Waals surface area contributed by atoms with Gasteiger partial charge in [0.05, 0.1) is 45.8 Å². The van der Waals surface area contributed by atoms with E-state index in [-0.39, 0.29) is 23.0 Å². The third-order valence-electron chi connectivity index (χ3n) is 5.82. The van der Waals surface area contributed by atoms with Crippen molar-refractivity contribution in [2.45, 2.75) is 22.8 Å². The minimum atomic E-state index is -3.25. The lowest BCUT2D eigenvalue weighted by atomic mass is 10.1. The van der Waals surface area contributed by atoms with E-state index < -0.39 is 54.6 Å². The number of alkyl halides is 2. The molecule has 14 heteroatoms. The summed E-state index contributed by atoms with van der Waals surface area (Å²) in [7, 11) is -6.50. The summed E-state index contributed by atoms with van der Waals surface area (Å²) >= 11 is 12.0. The van der Waals surface area contributed by atoms with Gasteiger partial charge in [0.1, 0.15) is 0 Å². The lowest BCUT2D eigenvalue weighted by Crippen LogP contribution is -2.42. The Morgan fingerprint density at radius 1 is 0.611 bits per heavy atom. The van der Waals surface area contributed by atoms with Crippen LogP contribution in [0.3, 0.4) is 0 Å². The lowest BCUT2D eigenvalue weighted by Gasteiger charge is -2.15. The Hall–Kier alpha value is -2.54. The number of amides is 4. The maximum atomic E-state index is 12.2. The number of carbonyl (C=O) groups is 2. The van der Waals surface area contributed by atoms with Gasteiger partial charge in [-0.1, -0.05) is 24.3 Å². The van der Waals surface area contributed by atoms with E-state index in [9.17, 15) is 26.4 Å². The minimum absolute atomic E-state index is 0.161. The predicted octanol–water partition coefficient (Wildman–Crippen LogP) is 2.41. The van der Waals surface area contributed by atoms with Crippen LogP contribution in [0.1, 0.15) is 0 Å². The second kappa shape index (κ2) is 10.4. The molecule has 0 aliphatic carbocycles. The quantitative estimate of drug-likeness (QED) is 0.402. The number of halogens is 2. The molecular formula is C22H24Cl2N4O6S2. The third-order valence-corrected chi connectivity index (χ3v) is 10.6. The number of hydrogen-bond donors (Lipinski definition) is 4. The fourth-order valence-electron chi connectivity index (χ4n) is 4.04. The summed E-state index contributed by atoms with van der Waals surface area (Å²) in [4.78, 5) is 24.4. The summed E-state index contributed by atoms with van der Waals surface area (Å²) in [5, 5.41) is 9.17. The van der Waals surface area contributed by atoms with Crippen LogP contribution in [0, 0.1) is 0 Å². The number of urea groups is 2. The van der Waals surface area contributed by atoms with Crippen LogP contribution in [0.25, 0.3) is 11.1 Å². The van der Waals surface area contributed by atoms with Crippen LogP contribution in [0.5, 0.6) is 0 Å². The number of sulfone groups is 2. The van der Waals surface area contributed by atoms with Gasteiger partial charge in [-0.25, -0.2) is 26.4 Å². The van der Waals surface area contributed by atoms with Crippen molar-refractivity contribution in [3.8, 4) is 11.1 Å². The highest BCUT2D eigenvalue weighted by Crippen LogP contribution is 2.24. The van der Waals surface area contributed by atoms with Gasteiger partial charge in [0, 0.05) is 11.4 Å². The molecule has 36 heavy (non-hydrogen) atoms. The molecule has 0 radical (unpaired) electrons. The Morgan fingerprint density at radius 2 is 0.944 bits per heavy atom. The highest BCUT2D eigenvalue weighted by molar-refractivity contribution is 7.92. The predicted molar refractivity (Wildman–Crippen MR) is 140 cm³/mol. The van der Waals surface area contributed by atoms with Gasteiger partial charge in [-0.05, 0) is 35.4 Å². The summed E-state index contributed by atoms with van der Waals surface area (Å²) in [6, 6.07) is 11.7. The average Bonchev–Trinajstić information content (AvgIpc) is 3.19. The number of rotatable bonds is 5. The molecule has 0 bridgehead atoms. The first-order valence-electron chi connectivity index (χ1n) is 10.9. The third kappa shape index (κ3) is 6.81. The van der Waals surface area contributed by atoms with Crippen LogP contribution >= 0.6 is 23.2 Å². The Morgan fingerprint density at radius 3 is 1.22 bits per heavy atom. The molecule has 10 nitrogen and oxygen atoms in total. The van der Waals surface area contributed by atoms with Crippen LogP contribution < -0.4 is 21.3 Å². The first kappa shape index (κ1) is 26.5. The minimum Gasteiger partial charge on any atom is -0.333 e. The van der Waals surface area contributed by atoms with Gasteiger partial charge < -0.3 is 21.3 Å². The molecule has 0 spiro atoms. The van der Waals surface area contributed by atoms with E-state index >= 15 is 0 Å². The number of anilines is 2. The van der Waals surface area contributed by atoms with Crippen LogP contribution in [0.4, 0.5) is 21.0 Å². The molecule has 2 aromatic carbocycles. The second-order valence-corrected chi connectivity index (χ2v) is 14.2. The van der Waals surface area contributed by atoms with E-state index in [1.54, 1.807) is 48.5 Å². The molecule has 0 aromatic heterocycles. The number of nitrogens with one attached hydrogen (secondary N) is 4. The zero-order valence-electron chi connectivity index (χ0n) is 18.8.